The number of allylic oxidation sites excluding steroid dienone is 3. The lowest BCUT2D eigenvalue weighted by Gasteiger charge is -2.27. The standard InChI is InChI=1S/C31H25NO9/c1-15(33)25-20(34)13-23-31(2,29(25)38)27-21(35)12-22(40-3)26(28(27)41-23)30(39)32-14-18-11-16(8-9-24(36)37)10-17-6-4-5-7-19(17)18/h4-13,34-35H,14H2,1-3H3,(H,32,39)(H,36,37)/b9-8+/t31-/m1/s1. The number of ketones is 2. The molecule has 0 saturated carbocycles. The highest BCUT2D eigenvalue weighted by Crippen LogP contribution is 2.56. The van der Waals surface area contributed by atoms with Crippen LogP contribution in [0.4, 0.5) is 0 Å². The van der Waals surface area contributed by atoms with E-state index in [1.165, 1.54) is 26.2 Å². The highest BCUT2D eigenvalue weighted by Gasteiger charge is 2.55. The summed E-state index contributed by atoms with van der Waals surface area (Å²) in [6.07, 6.45) is 3.61. The van der Waals surface area contributed by atoms with Crippen LogP contribution in [0.2, 0.25) is 0 Å². The third-order valence-corrected chi connectivity index (χ3v) is 7.26. The molecule has 1 heterocycles. The van der Waals surface area contributed by atoms with E-state index in [1.807, 2.05) is 30.3 Å². The second kappa shape index (κ2) is 9.98. The number of fused-ring (bicyclic) bond motifs is 4. The van der Waals surface area contributed by atoms with Crippen LogP contribution < -0.4 is 14.8 Å². The Balaban J connectivity index is 1.56. The van der Waals surface area contributed by atoms with Crippen LogP contribution in [0.1, 0.15) is 40.9 Å². The number of benzene rings is 3. The summed E-state index contributed by atoms with van der Waals surface area (Å²) in [6, 6.07) is 12.2. The zero-order valence-electron chi connectivity index (χ0n) is 22.3. The molecular formula is C31H25NO9. The average Bonchev–Trinajstić information content (AvgIpc) is 3.23. The highest BCUT2D eigenvalue weighted by molar-refractivity contribution is 6.25. The van der Waals surface area contributed by atoms with Gasteiger partial charge in [0, 0.05) is 24.8 Å². The topological polar surface area (TPSA) is 159 Å². The van der Waals surface area contributed by atoms with Gasteiger partial charge in [-0.3, -0.25) is 14.4 Å². The van der Waals surface area contributed by atoms with Gasteiger partial charge in [-0.15, -0.1) is 0 Å². The zero-order valence-corrected chi connectivity index (χ0v) is 22.3. The lowest BCUT2D eigenvalue weighted by atomic mass is 9.71. The van der Waals surface area contributed by atoms with Gasteiger partial charge >= 0.3 is 5.97 Å². The van der Waals surface area contributed by atoms with Crippen molar-refractivity contribution in [3.05, 3.63) is 94.0 Å². The molecule has 1 atom stereocenters. The van der Waals surface area contributed by atoms with Crippen LogP contribution in [0.25, 0.3) is 16.8 Å². The Morgan fingerprint density at radius 1 is 1.12 bits per heavy atom. The van der Waals surface area contributed by atoms with Gasteiger partial charge in [0.25, 0.3) is 5.91 Å². The van der Waals surface area contributed by atoms with E-state index in [9.17, 15) is 29.4 Å². The van der Waals surface area contributed by atoms with E-state index >= 15 is 0 Å². The summed E-state index contributed by atoms with van der Waals surface area (Å²) in [4.78, 5) is 50.3. The Morgan fingerprint density at radius 3 is 2.54 bits per heavy atom. The van der Waals surface area contributed by atoms with E-state index in [-0.39, 0.29) is 40.7 Å². The van der Waals surface area contributed by atoms with E-state index in [0.29, 0.717) is 11.1 Å². The number of aromatic hydroxyl groups is 1. The normalized spacial score (nSPS) is 17.6. The molecule has 5 rings (SSSR count). The number of rotatable bonds is 7. The first kappa shape index (κ1) is 27.2. The summed E-state index contributed by atoms with van der Waals surface area (Å²) in [6.45, 7) is 2.62. The van der Waals surface area contributed by atoms with Crippen LogP contribution >= 0.6 is 0 Å². The summed E-state index contributed by atoms with van der Waals surface area (Å²) in [5.74, 6) is -4.34. The Kier molecular flexibility index (Phi) is 6.62. The molecule has 41 heavy (non-hydrogen) atoms. The van der Waals surface area contributed by atoms with Crippen LogP contribution in [0, 0.1) is 0 Å². The maximum absolute atomic E-state index is 13.7. The Labute approximate surface area is 233 Å². The second-order valence-electron chi connectivity index (χ2n) is 9.81. The summed E-state index contributed by atoms with van der Waals surface area (Å²) >= 11 is 0. The van der Waals surface area contributed by atoms with Gasteiger partial charge in [0.2, 0.25) is 0 Å². The van der Waals surface area contributed by atoms with Crippen molar-refractivity contribution >= 4 is 40.3 Å². The van der Waals surface area contributed by atoms with Crippen molar-refractivity contribution in [1.82, 2.24) is 5.32 Å². The fourth-order valence-electron chi connectivity index (χ4n) is 5.31. The fourth-order valence-corrected chi connectivity index (χ4v) is 5.31. The molecule has 10 heteroatoms. The lowest BCUT2D eigenvalue weighted by molar-refractivity contribution is -0.131. The van der Waals surface area contributed by atoms with Gasteiger partial charge in [0.05, 0.1) is 12.7 Å². The van der Waals surface area contributed by atoms with Crippen molar-refractivity contribution in [2.45, 2.75) is 25.8 Å². The minimum absolute atomic E-state index is 0.0268. The van der Waals surface area contributed by atoms with Crippen molar-refractivity contribution in [3.63, 3.8) is 0 Å². The SMILES string of the molecule is COc1cc(O)c2c(c1C(=O)NCc1cc(/C=C/C(=O)O)cc3ccccc13)OC1=CC(O)=C(C(C)=O)C(=O)[C@]12C. The van der Waals surface area contributed by atoms with Crippen molar-refractivity contribution in [2.75, 3.05) is 7.11 Å². The summed E-state index contributed by atoms with van der Waals surface area (Å²) in [7, 11) is 1.30. The van der Waals surface area contributed by atoms with Crippen molar-refractivity contribution in [1.29, 1.82) is 0 Å². The van der Waals surface area contributed by atoms with Crippen LogP contribution in [-0.2, 0) is 26.3 Å². The fraction of sp³-hybridized carbons (Fsp3) is 0.161. The minimum Gasteiger partial charge on any atom is -0.507 e. The molecule has 3 aromatic carbocycles. The molecular weight excluding hydrogens is 530 g/mol. The summed E-state index contributed by atoms with van der Waals surface area (Å²) in [5, 5.41) is 34.8. The largest absolute Gasteiger partial charge is 0.507 e. The zero-order chi connectivity index (χ0) is 29.6. The van der Waals surface area contributed by atoms with E-state index in [2.05, 4.69) is 5.32 Å². The smallest absolute Gasteiger partial charge is 0.328 e. The molecule has 1 aliphatic carbocycles. The van der Waals surface area contributed by atoms with Crippen LogP contribution in [-0.4, -0.2) is 45.9 Å². The molecule has 2 aliphatic rings. The Bertz CT molecular complexity index is 1780. The number of hydrogen-bond donors (Lipinski definition) is 4. The Hall–Kier alpha value is -5.38. The van der Waals surface area contributed by atoms with Gasteiger partial charge in [0.15, 0.2) is 17.3 Å². The number of methoxy groups -OCH3 is 1. The average molecular weight is 556 g/mol. The predicted molar refractivity (Wildman–Crippen MR) is 148 cm³/mol. The molecule has 0 bridgehead atoms. The summed E-state index contributed by atoms with van der Waals surface area (Å²) in [5.41, 5.74) is -0.905. The number of carboxylic acid groups (broad SMARTS) is 1. The van der Waals surface area contributed by atoms with Gasteiger partial charge < -0.3 is 30.1 Å². The van der Waals surface area contributed by atoms with E-state index in [4.69, 9.17) is 14.6 Å². The molecule has 3 aromatic rings. The van der Waals surface area contributed by atoms with Gasteiger partial charge in [-0.05, 0) is 54.0 Å². The Morgan fingerprint density at radius 2 is 1.85 bits per heavy atom. The monoisotopic (exact) mass is 555 g/mol. The number of aliphatic hydroxyl groups excluding tert-OH is 1. The molecule has 0 spiro atoms. The van der Waals surface area contributed by atoms with E-state index in [0.717, 1.165) is 29.8 Å². The molecule has 0 radical (unpaired) electrons. The third kappa shape index (κ3) is 4.39. The van der Waals surface area contributed by atoms with E-state index < -0.39 is 40.2 Å². The minimum atomic E-state index is -1.67. The highest BCUT2D eigenvalue weighted by atomic mass is 16.5. The first-order valence-corrected chi connectivity index (χ1v) is 12.5. The lowest BCUT2D eigenvalue weighted by Crippen LogP contribution is -2.38. The maximum atomic E-state index is 13.7. The molecule has 0 fully saturated rings. The van der Waals surface area contributed by atoms with Crippen molar-refractivity contribution < 1.29 is 44.0 Å². The van der Waals surface area contributed by atoms with Crippen LogP contribution in [0.15, 0.2) is 71.7 Å². The molecule has 1 aliphatic heterocycles. The number of Topliss-reactive ketones (excluding diaryl/α,β-unsaturated/α-hetero) is 2. The number of carbonyl (C=O) groups is 4. The molecule has 0 unspecified atom stereocenters. The number of nitrogens with one attached hydrogen (secondary N) is 1. The van der Waals surface area contributed by atoms with Gasteiger partial charge in [-0.1, -0.05) is 24.3 Å². The number of aliphatic carboxylic acids is 1. The number of aliphatic hydroxyl groups is 1. The second-order valence-corrected chi connectivity index (χ2v) is 9.81. The number of phenols is 1. The number of carbonyl (C=O) groups excluding carboxylic acids is 3. The molecule has 208 valence electrons. The summed E-state index contributed by atoms with van der Waals surface area (Å²) < 4.78 is 11.3. The first-order valence-electron chi connectivity index (χ1n) is 12.5. The number of carboxylic acids is 1. The predicted octanol–water partition coefficient (Wildman–Crippen LogP) is 4.10. The van der Waals surface area contributed by atoms with Crippen molar-refractivity contribution in [2.24, 2.45) is 0 Å². The quantitative estimate of drug-likeness (QED) is 0.249. The number of amides is 1. The first-order chi connectivity index (χ1) is 19.5. The maximum Gasteiger partial charge on any atom is 0.328 e. The van der Waals surface area contributed by atoms with Gasteiger partial charge in [-0.2, -0.15) is 0 Å². The van der Waals surface area contributed by atoms with Gasteiger partial charge in [0.1, 0.15) is 39.6 Å². The van der Waals surface area contributed by atoms with Crippen LogP contribution in [0.5, 0.6) is 17.2 Å². The number of phenolic OH excluding ortho intramolecular Hbond substituents is 1. The molecule has 0 saturated heterocycles. The number of hydrogen-bond acceptors (Lipinski definition) is 8. The van der Waals surface area contributed by atoms with Gasteiger partial charge in [-0.25, -0.2) is 4.79 Å². The van der Waals surface area contributed by atoms with Crippen LogP contribution in [0.3, 0.4) is 0 Å². The van der Waals surface area contributed by atoms with E-state index in [1.54, 1.807) is 6.07 Å². The molecule has 10 nitrogen and oxygen atoms in total. The third-order valence-electron chi connectivity index (χ3n) is 7.26. The van der Waals surface area contributed by atoms with Crippen molar-refractivity contribution in [3.8, 4) is 17.2 Å². The molecule has 0 aromatic heterocycles. The molecule has 1 amide bonds. The number of ether oxygens (including phenoxy) is 2. The molecule has 4 N–H and O–H groups in total.